The number of carbonyl (C=O) groups is 1. The first-order valence-corrected chi connectivity index (χ1v) is 12.1. The van der Waals surface area contributed by atoms with Gasteiger partial charge in [-0.25, -0.2) is 9.87 Å². The summed E-state index contributed by atoms with van der Waals surface area (Å²) in [5.74, 6) is 3.42. The van der Waals surface area contributed by atoms with Gasteiger partial charge in [0.1, 0.15) is 17.1 Å². The van der Waals surface area contributed by atoms with Crippen molar-refractivity contribution in [2.24, 2.45) is 11.8 Å². The number of rotatable bonds is 8. The number of carbonyl (C=O) groups excluding carboxylic acids is 1. The van der Waals surface area contributed by atoms with Crippen molar-refractivity contribution in [1.82, 2.24) is 15.3 Å². The fourth-order valence-electron chi connectivity index (χ4n) is 5.20. The standard InChI is InChI=1S/C25H33N5O4/c1-15-9-16(3-8-22(15)33-2)11-26-23-21(24(31)28-19-4-6-20(34-32)7-5-19)12-27-25(29-23)30-13-17-10-18(17)14-30/h3,8-9,12,17-20,32H,4-7,10-11,13-14H2,1-2H3,(H,28,31)(H,26,27,29). The number of anilines is 2. The number of piperidine rings is 1. The lowest BCUT2D eigenvalue weighted by Crippen LogP contribution is -2.39. The van der Waals surface area contributed by atoms with Crippen LogP contribution in [0.25, 0.3) is 0 Å². The van der Waals surface area contributed by atoms with E-state index in [4.69, 9.17) is 15.0 Å². The van der Waals surface area contributed by atoms with E-state index in [9.17, 15) is 4.79 Å². The number of aromatic nitrogens is 2. The molecule has 182 valence electrons. The van der Waals surface area contributed by atoms with Crippen molar-refractivity contribution < 1.29 is 19.7 Å². The first-order valence-electron chi connectivity index (χ1n) is 12.1. The van der Waals surface area contributed by atoms with Crippen molar-refractivity contribution in [1.29, 1.82) is 0 Å². The molecule has 2 unspecified atom stereocenters. The van der Waals surface area contributed by atoms with Gasteiger partial charge in [-0.3, -0.25) is 10.1 Å². The van der Waals surface area contributed by atoms with Crippen LogP contribution in [0.15, 0.2) is 24.4 Å². The second-order valence-electron chi connectivity index (χ2n) is 9.80. The highest BCUT2D eigenvalue weighted by Gasteiger charge is 2.46. The molecule has 1 aromatic carbocycles. The Morgan fingerprint density at radius 2 is 1.97 bits per heavy atom. The summed E-state index contributed by atoms with van der Waals surface area (Å²) in [4.78, 5) is 29.2. The number of hydrogen-bond acceptors (Lipinski definition) is 8. The molecule has 9 nitrogen and oxygen atoms in total. The number of benzene rings is 1. The van der Waals surface area contributed by atoms with Crippen LogP contribution >= 0.6 is 0 Å². The molecular weight excluding hydrogens is 434 g/mol. The molecular formula is C25H33N5O4. The van der Waals surface area contributed by atoms with Crippen molar-refractivity contribution in [3.8, 4) is 5.75 Å². The predicted molar refractivity (Wildman–Crippen MR) is 128 cm³/mol. The Balaban J connectivity index is 1.32. The monoisotopic (exact) mass is 467 g/mol. The molecule has 3 fully saturated rings. The average Bonchev–Trinajstić information content (AvgIpc) is 3.47. The topological polar surface area (TPSA) is 109 Å². The molecule has 3 aliphatic rings. The van der Waals surface area contributed by atoms with Crippen LogP contribution in [-0.4, -0.2) is 53.5 Å². The van der Waals surface area contributed by atoms with E-state index in [1.54, 1.807) is 13.3 Å². The lowest BCUT2D eigenvalue weighted by molar-refractivity contribution is -0.284. The fourth-order valence-corrected chi connectivity index (χ4v) is 5.20. The molecule has 2 atom stereocenters. The summed E-state index contributed by atoms with van der Waals surface area (Å²) in [6, 6.07) is 6.08. The number of nitrogens with zero attached hydrogens (tertiary/aromatic N) is 3. The van der Waals surface area contributed by atoms with E-state index in [1.807, 2.05) is 19.1 Å². The third-order valence-corrected chi connectivity index (χ3v) is 7.36. The Labute approximate surface area is 199 Å². The highest BCUT2D eigenvalue weighted by atomic mass is 17.1. The summed E-state index contributed by atoms with van der Waals surface area (Å²) >= 11 is 0. The number of methoxy groups -OCH3 is 1. The maximum atomic E-state index is 13.2. The Morgan fingerprint density at radius 3 is 2.65 bits per heavy atom. The van der Waals surface area contributed by atoms with Crippen LogP contribution in [0.2, 0.25) is 0 Å². The van der Waals surface area contributed by atoms with Crippen molar-refractivity contribution in [3.05, 3.63) is 41.1 Å². The normalized spacial score (nSPS) is 25.6. The van der Waals surface area contributed by atoms with Crippen LogP contribution in [0, 0.1) is 18.8 Å². The van der Waals surface area contributed by atoms with Gasteiger partial charge >= 0.3 is 0 Å². The van der Waals surface area contributed by atoms with Gasteiger partial charge in [0.25, 0.3) is 5.91 Å². The summed E-state index contributed by atoms with van der Waals surface area (Å²) in [6.45, 7) is 4.53. The SMILES string of the molecule is COc1ccc(CNc2nc(N3CC4CC4C3)ncc2C(=O)NC2CCC(OO)CC2)cc1C. The molecule has 2 aromatic rings. The summed E-state index contributed by atoms with van der Waals surface area (Å²) in [5.41, 5.74) is 2.58. The first-order chi connectivity index (χ1) is 16.5. The zero-order valence-corrected chi connectivity index (χ0v) is 19.8. The Bertz CT molecular complexity index is 1030. The Morgan fingerprint density at radius 1 is 1.21 bits per heavy atom. The minimum atomic E-state index is -0.183. The van der Waals surface area contributed by atoms with E-state index in [1.165, 1.54) is 6.42 Å². The lowest BCUT2D eigenvalue weighted by atomic mass is 9.93. The van der Waals surface area contributed by atoms with Gasteiger partial charge in [0, 0.05) is 31.9 Å². The van der Waals surface area contributed by atoms with Gasteiger partial charge < -0.3 is 20.3 Å². The second kappa shape index (κ2) is 9.76. The minimum Gasteiger partial charge on any atom is -0.496 e. The maximum absolute atomic E-state index is 13.2. The summed E-state index contributed by atoms with van der Waals surface area (Å²) in [7, 11) is 1.67. The molecule has 1 aliphatic heterocycles. The zero-order chi connectivity index (χ0) is 23.7. The molecule has 3 N–H and O–H groups in total. The molecule has 0 spiro atoms. The molecule has 2 saturated carbocycles. The first kappa shape index (κ1) is 22.9. The van der Waals surface area contributed by atoms with E-state index in [2.05, 4.69) is 31.5 Å². The minimum absolute atomic E-state index is 0.0429. The van der Waals surface area contributed by atoms with E-state index in [0.29, 0.717) is 23.9 Å². The summed E-state index contributed by atoms with van der Waals surface area (Å²) in [6.07, 6.45) is 5.77. The van der Waals surface area contributed by atoms with Gasteiger partial charge in [0.05, 0.1) is 13.2 Å². The largest absolute Gasteiger partial charge is 0.496 e. The highest BCUT2D eigenvalue weighted by molar-refractivity contribution is 5.98. The number of nitrogens with one attached hydrogen (secondary N) is 2. The number of hydrogen-bond donors (Lipinski definition) is 3. The van der Waals surface area contributed by atoms with Crippen LogP contribution < -0.4 is 20.3 Å². The molecule has 5 rings (SSSR count). The maximum Gasteiger partial charge on any atom is 0.256 e. The van der Waals surface area contributed by atoms with Crippen LogP contribution in [-0.2, 0) is 11.4 Å². The zero-order valence-electron chi connectivity index (χ0n) is 19.8. The fraction of sp³-hybridized carbons (Fsp3) is 0.560. The highest BCUT2D eigenvalue weighted by Crippen LogP contribution is 2.45. The van der Waals surface area contributed by atoms with E-state index >= 15 is 0 Å². The van der Waals surface area contributed by atoms with Crippen LogP contribution in [0.5, 0.6) is 5.75 Å². The van der Waals surface area contributed by atoms with Crippen LogP contribution in [0.3, 0.4) is 0 Å². The van der Waals surface area contributed by atoms with Gasteiger partial charge in [-0.2, -0.15) is 4.98 Å². The third-order valence-electron chi connectivity index (χ3n) is 7.36. The van der Waals surface area contributed by atoms with Gasteiger partial charge in [-0.1, -0.05) is 12.1 Å². The number of amides is 1. The molecule has 0 radical (unpaired) electrons. The number of ether oxygens (including phenoxy) is 1. The molecule has 0 bridgehead atoms. The summed E-state index contributed by atoms with van der Waals surface area (Å²) in [5, 5.41) is 15.4. The van der Waals surface area contributed by atoms with Crippen LogP contribution in [0.1, 0.15) is 53.6 Å². The predicted octanol–water partition coefficient (Wildman–Crippen LogP) is 3.39. The number of fused-ring (bicyclic) bond motifs is 1. The molecule has 34 heavy (non-hydrogen) atoms. The van der Waals surface area contributed by atoms with Crippen molar-refractivity contribution in [2.75, 3.05) is 30.4 Å². The van der Waals surface area contributed by atoms with E-state index < -0.39 is 0 Å². The molecule has 1 amide bonds. The molecule has 1 saturated heterocycles. The quantitative estimate of drug-likeness (QED) is 0.400. The van der Waals surface area contributed by atoms with Gasteiger partial charge in [-0.15, -0.1) is 0 Å². The number of aryl methyl sites for hydroxylation is 1. The smallest absolute Gasteiger partial charge is 0.256 e. The molecule has 2 aliphatic carbocycles. The average molecular weight is 468 g/mol. The van der Waals surface area contributed by atoms with Crippen molar-refractivity contribution in [2.45, 2.75) is 57.7 Å². The molecule has 2 heterocycles. The van der Waals surface area contributed by atoms with Gasteiger partial charge in [-0.05, 0) is 68.1 Å². The van der Waals surface area contributed by atoms with Crippen molar-refractivity contribution >= 4 is 17.7 Å². The Kier molecular flexibility index (Phi) is 6.56. The van der Waals surface area contributed by atoms with Gasteiger partial charge in [0.15, 0.2) is 0 Å². The second-order valence-corrected chi connectivity index (χ2v) is 9.80. The van der Waals surface area contributed by atoms with Crippen LogP contribution in [0.4, 0.5) is 11.8 Å². The van der Waals surface area contributed by atoms with E-state index in [0.717, 1.165) is 67.5 Å². The van der Waals surface area contributed by atoms with E-state index in [-0.39, 0.29) is 18.1 Å². The summed E-state index contributed by atoms with van der Waals surface area (Å²) < 4.78 is 5.36. The third kappa shape index (κ3) is 4.95. The lowest BCUT2D eigenvalue weighted by Gasteiger charge is -2.27. The molecule has 1 aromatic heterocycles. The Hall–Kier alpha value is -2.91. The van der Waals surface area contributed by atoms with Gasteiger partial charge in [0.2, 0.25) is 5.95 Å². The van der Waals surface area contributed by atoms with Crippen molar-refractivity contribution in [3.63, 3.8) is 0 Å². The molecule has 9 heteroatoms.